The third-order valence-electron chi connectivity index (χ3n) is 3.92. The second kappa shape index (κ2) is 4.85. The minimum atomic E-state index is -0.754. The topological polar surface area (TPSA) is 66.4 Å². The van der Waals surface area contributed by atoms with Crippen molar-refractivity contribution in [3.63, 3.8) is 0 Å². The molecule has 2 N–H and O–H groups in total. The number of carboxylic acid groups (broad SMARTS) is 1. The van der Waals surface area contributed by atoms with Gasteiger partial charge in [0.15, 0.2) is 0 Å². The van der Waals surface area contributed by atoms with Crippen LogP contribution in [0.3, 0.4) is 0 Å². The minimum Gasteiger partial charge on any atom is -0.481 e. The lowest BCUT2D eigenvalue weighted by Crippen LogP contribution is -2.52. The first-order chi connectivity index (χ1) is 7.68. The Morgan fingerprint density at radius 3 is 2.50 bits per heavy atom. The third-order valence-corrected chi connectivity index (χ3v) is 3.92. The van der Waals surface area contributed by atoms with Gasteiger partial charge in [-0.25, -0.2) is 0 Å². The SMILES string of the molecule is O=C1CC[C@H](C(=O)O)[C@@H](C2CCCCC2)N1. The fraction of sp³-hybridized carbons (Fsp3) is 0.833. The number of piperidine rings is 1. The van der Waals surface area contributed by atoms with Gasteiger partial charge in [-0.2, -0.15) is 0 Å². The van der Waals surface area contributed by atoms with Crippen molar-refractivity contribution in [2.24, 2.45) is 11.8 Å². The van der Waals surface area contributed by atoms with Crippen LogP contribution in [-0.4, -0.2) is 23.0 Å². The summed E-state index contributed by atoms with van der Waals surface area (Å²) in [4.78, 5) is 22.5. The molecule has 0 aromatic rings. The van der Waals surface area contributed by atoms with Crippen molar-refractivity contribution in [1.82, 2.24) is 5.32 Å². The van der Waals surface area contributed by atoms with Gasteiger partial charge in [0.1, 0.15) is 0 Å². The molecule has 1 saturated heterocycles. The molecule has 2 fully saturated rings. The zero-order chi connectivity index (χ0) is 11.5. The summed E-state index contributed by atoms with van der Waals surface area (Å²) in [6.45, 7) is 0. The molecule has 1 saturated carbocycles. The molecular formula is C12H19NO3. The number of carboxylic acids is 1. The molecule has 0 spiro atoms. The first-order valence-electron chi connectivity index (χ1n) is 6.20. The molecule has 4 nitrogen and oxygen atoms in total. The number of rotatable bonds is 2. The van der Waals surface area contributed by atoms with Crippen molar-refractivity contribution in [3.8, 4) is 0 Å². The molecule has 0 unspecified atom stereocenters. The van der Waals surface area contributed by atoms with E-state index in [9.17, 15) is 14.7 Å². The molecule has 90 valence electrons. The lowest BCUT2D eigenvalue weighted by molar-refractivity contribution is -0.146. The molecule has 0 bridgehead atoms. The van der Waals surface area contributed by atoms with E-state index in [1.807, 2.05) is 0 Å². The predicted molar refractivity (Wildman–Crippen MR) is 58.9 cm³/mol. The van der Waals surface area contributed by atoms with E-state index in [1.165, 1.54) is 19.3 Å². The Hall–Kier alpha value is -1.06. The summed E-state index contributed by atoms with van der Waals surface area (Å²) in [7, 11) is 0. The normalized spacial score (nSPS) is 32.1. The van der Waals surface area contributed by atoms with Crippen LogP contribution in [0, 0.1) is 11.8 Å². The number of aliphatic carboxylic acids is 1. The van der Waals surface area contributed by atoms with Crippen molar-refractivity contribution >= 4 is 11.9 Å². The first kappa shape index (κ1) is 11.4. The molecule has 2 atom stereocenters. The molecule has 0 aromatic heterocycles. The van der Waals surface area contributed by atoms with E-state index in [0.29, 0.717) is 18.8 Å². The highest BCUT2D eigenvalue weighted by Gasteiger charge is 2.38. The van der Waals surface area contributed by atoms with Crippen LogP contribution in [-0.2, 0) is 9.59 Å². The lowest BCUT2D eigenvalue weighted by atomic mass is 9.75. The van der Waals surface area contributed by atoms with Crippen LogP contribution in [0.2, 0.25) is 0 Å². The van der Waals surface area contributed by atoms with Crippen molar-refractivity contribution in [1.29, 1.82) is 0 Å². The largest absolute Gasteiger partial charge is 0.481 e. The fourth-order valence-corrected chi connectivity index (χ4v) is 3.04. The maximum Gasteiger partial charge on any atom is 0.308 e. The van der Waals surface area contributed by atoms with Crippen LogP contribution in [0.15, 0.2) is 0 Å². The van der Waals surface area contributed by atoms with Gasteiger partial charge < -0.3 is 10.4 Å². The van der Waals surface area contributed by atoms with Crippen LogP contribution in [0.25, 0.3) is 0 Å². The highest BCUT2D eigenvalue weighted by molar-refractivity contribution is 5.81. The molecule has 0 aromatic carbocycles. The highest BCUT2D eigenvalue weighted by atomic mass is 16.4. The number of hydrogen-bond donors (Lipinski definition) is 2. The Balaban J connectivity index is 2.06. The van der Waals surface area contributed by atoms with Crippen molar-refractivity contribution in [3.05, 3.63) is 0 Å². The zero-order valence-electron chi connectivity index (χ0n) is 9.45. The summed E-state index contributed by atoms with van der Waals surface area (Å²) in [6.07, 6.45) is 6.58. The van der Waals surface area contributed by atoms with Gasteiger partial charge in [-0.3, -0.25) is 9.59 Å². The Labute approximate surface area is 95.4 Å². The molecule has 2 rings (SSSR count). The van der Waals surface area contributed by atoms with E-state index in [1.54, 1.807) is 0 Å². The molecular weight excluding hydrogens is 206 g/mol. The van der Waals surface area contributed by atoms with E-state index in [-0.39, 0.29) is 17.9 Å². The summed E-state index contributed by atoms with van der Waals surface area (Å²) in [5.41, 5.74) is 0. The zero-order valence-corrected chi connectivity index (χ0v) is 9.45. The van der Waals surface area contributed by atoms with E-state index < -0.39 is 5.97 Å². The highest BCUT2D eigenvalue weighted by Crippen LogP contribution is 2.32. The van der Waals surface area contributed by atoms with Crippen LogP contribution in [0.4, 0.5) is 0 Å². The maximum absolute atomic E-state index is 11.4. The average Bonchev–Trinajstić information content (AvgIpc) is 2.29. The molecule has 1 amide bonds. The maximum atomic E-state index is 11.4. The van der Waals surface area contributed by atoms with Gasteiger partial charge in [-0.15, -0.1) is 0 Å². The molecule has 2 aliphatic rings. The Kier molecular flexibility index (Phi) is 3.46. The van der Waals surface area contributed by atoms with Crippen molar-refractivity contribution < 1.29 is 14.7 Å². The summed E-state index contributed by atoms with van der Waals surface area (Å²) < 4.78 is 0. The fourth-order valence-electron chi connectivity index (χ4n) is 3.04. The summed E-state index contributed by atoms with van der Waals surface area (Å²) in [5.74, 6) is -0.733. The number of nitrogens with one attached hydrogen (secondary N) is 1. The Morgan fingerprint density at radius 2 is 1.88 bits per heavy atom. The Bertz CT molecular complexity index is 284. The quantitative estimate of drug-likeness (QED) is 0.749. The smallest absolute Gasteiger partial charge is 0.308 e. The van der Waals surface area contributed by atoms with Crippen LogP contribution >= 0.6 is 0 Å². The molecule has 4 heteroatoms. The Morgan fingerprint density at radius 1 is 1.19 bits per heavy atom. The van der Waals surface area contributed by atoms with Gasteiger partial charge in [0.05, 0.1) is 5.92 Å². The average molecular weight is 225 g/mol. The minimum absolute atomic E-state index is 0.0214. The predicted octanol–water partition coefficient (Wildman–Crippen LogP) is 1.55. The van der Waals surface area contributed by atoms with Crippen LogP contribution in [0.1, 0.15) is 44.9 Å². The van der Waals surface area contributed by atoms with E-state index in [4.69, 9.17) is 0 Å². The molecule has 1 aliphatic carbocycles. The standard InChI is InChI=1S/C12H19NO3/c14-10-7-6-9(12(15)16)11(13-10)8-4-2-1-3-5-8/h8-9,11H,1-7H2,(H,13,14)(H,15,16)/t9-,11+/m0/s1. The number of hydrogen-bond acceptors (Lipinski definition) is 2. The first-order valence-corrected chi connectivity index (χ1v) is 6.20. The second-order valence-electron chi connectivity index (χ2n) is 4.97. The molecule has 16 heavy (non-hydrogen) atoms. The van der Waals surface area contributed by atoms with Crippen molar-refractivity contribution in [2.45, 2.75) is 51.0 Å². The summed E-state index contributed by atoms with van der Waals surface area (Å²) >= 11 is 0. The monoisotopic (exact) mass is 225 g/mol. The van der Waals surface area contributed by atoms with Gasteiger partial charge in [0.2, 0.25) is 5.91 Å². The number of carbonyl (C=O) groups excluding carboxylic acids is 1. The third kappa shape index (κ3) is 2.36. The second-order valence-corrected chi connectivity index (χ2v) is 4.97. The van der Waals surface area contributed by atoms with Crippen LogP contribution < -0.4 is 5.32 Å². The van der Waals surface area contributed by atoms with Gasteiger partial charge in [0, 0.05) is 12.5 Å². The van der Waals surface area contributed by atoms with Crippen molar-refractivity contribution in [2.75, 3.05) is 0 Å². The van der Waals surface area contributed by atoms with Gasteiger partial charge in [0.25, 0.3) is 0 Å². The van der Waals surface area contributed by atoms with Gasteiger partial charge >= 0.3 is 5.97 Å². The lowest BCUT2D eigenvalue weighted by Gasteiger charge is -2.37. The van der Waals surface area contributed by atoms with E-state index >= 15 is 0 Å². The van der Waals surface area contributed by atoms with Crippen LogP contribution in [0.5, 0.6) is 0 Å². The van der Waals surface area contributed by atoms with E-state index in [0.717, 1.165) is 12.8 Å². The number of amides is 1. The summed E-state index contributed by atoms with van der Waals surface area (Å²) in [5, 5.41) is 12.1. The molecule has 1 aliphatic heterocycles. The van der Waals surface area contributed by atoms with Gasteiger partial charge in [-0.05, 0) is 25.2 Å². The number of carbonyl (C=O) groups is 2. The van der Waals surface area contributed by atoms with Gasteiger partial charge in [-0.1, -0.05) is 19.3 Å². The summed E-state index contributed by atoms with van der Waals surface area (Å²) in [6, 6.07) is -0.126. The molecule has 0 radical (unpaired) electrons. The van der Waals surface area contributed by atoms with E-state index in [2.05, 4.69) is 5.32 Å². The molecule has 1 heterocycles.